The molecule has 1 heterocycles. The molecule has 17 heavy (non-hydrogen) atoms. The van der Waals surface area contributed by atoms with Gasteiger partial charge in [-0.15, -0.1) is 5.10 Å². The van der Waals surface area contributed by atoms with Crippen molar-refractivity contribution < 1.29 is 4.74 Å². The third kappa shape index (κ3) is 2.66. The van der Waals surface area contributed by atoms with Crippen molar-refractivity contribution in [2.24, 2.45) is 0 Å². The highest BCUT2D eigenvalue weighted by Crippen LogP contribution is 2.14. The van der Waals surface area contributed by atoms with Crippen LogP contribution in [0.4, 0.5) is 11.9 Å². The number of H-pyrrole nitrogens is 1. The zero-order valence-corrected chi connectivity index (χ0v) is 9.84. The van der Waals surface area contributed by atoms with Crippen LogP contribution in [0.25, 0.3) is 0 Å². The number of nitrogens with one attached hydrogen (secondary N) is 1. The molecule has 0 spiro atoms. The number of nitrogens with two attached hydrogens (primary N) is 1. The van der Waals surface area contributed by atoms with Crippen LogP contribution in [0.1, 0.15) is 5.56 Å². The summed E-state index contributed by atoms with van der Waals surface area (Å²) in [5, 5.41) is 6.59. The molecule has 90 valence electrons. The normalized spacial score (nSPS) is 10.2. The van der Waals surface area contributed by atoms with Gasteiger partial charge >= 0.3 is 0 Å². The first-order chi connectivity index (χ1) is 8.19. The lowest BCUT2D eigenvalue weighted by atomic mass is 10.2. The van der Waals surface area contributed by atoms with E-state index in [1.165, 1.54) is 0 Å². The van der Waals surface area contributed by atoms with Gasteiger partial charge in [0.2, 0.25) is 11.9 Å². The molecule has 0 aliphatic rings. The van der Waals surface area contributed by atoms with E-state index in [0.717, 1.165) is 11.3 Å². The van der Waals surface area contributed by atoms with E-state index in [2.05, 4.69) is 15.2 Å². The number of methoxy groups -OCH3 is 1. The van der Waals surface area contributed by atoms with Gasteiger partial charge in [-0.1, -0.05) is 12.1 Å². The van der Waals surface area contributed by atoms with Crippen LogP contribution in [0.2, 0.25) is 0 Å². The molecule has 0 saturated heterocycles. The summed E-state index contributed by atoms with van der Waals surface area (Å²) in [6.45, 7) is 0.710. The minimum atomic E-state index is 0.321. The molecule has 0 aliphatic carbocycles. The summed E-state index contributed by atoms with van der Waals surface area (Å²) < 4.78 is 5.10. The van der Waals surface area contributed by atoms with Crippen molar-refractivity contribution in [3.8, 4) is 5.75 Å². The second-order valence-electron chi connectivity index (χ2n) is 3.72. The molecule has 6 heteroatoms. The first kappa shape index (κ1) is 11.3. The van der Waals surface area contributed by atoms with Crippen LogP contribution in [0, 0.1) is 0 Å². The van der Waals surface area contributed by atoms with E-state index in [4.69, 9.17) is 10.5 Å². The Kier molecular flexibility index (Phi) is 3.13. The highest BCUT2D eigenvalue weighted by molar-refractivity contribution is 5.35. The zero-order valence-electron chi connectivity index (χ0n) is 9.84. The zero-order chi connectivity index (χ0) is 12.3. The molecule has 0 aliphatic heterocycles. The number of benzene rings is 1. The molecule has 2 aromatic rings. The predicted octanol–water partition coefficient (Wildman–Crippen LogP) is 1.03. The number of aromatic amines is 1. The number of ether oxygens (including phenoxy) is 1. The molecule has 0 amide bonds. The maximum atomic E-state index is 5.48. The number of anilines is 2. The molecular formula is C11H15N5O. The first-order valence-electron chi connectivity index (χ1n) is 5.21. The van der Waals surface area contributed by atoms with Gasteiger partial charge < -0.3 is 15.4 Å². The van der Waals surface area contributed by atoms with E-state index >= 15 is 0 Å². The lowest BCUT2D eigenvalue weighted by molar-refractivity contribution is 0.414. The Labute approximate surface area is 99.4 Å². The standard InChI is InChI=1S/C11H15N5O/c1-16(11-13-10(12)14-15-11)7-8-3-5-9(17-2)6-4-8/h3-6H,7H2,1-2H3,(H3,12,13,14,15). The van der Waals surface area contributed by atoms with Gasteiger partial charge in [-0.05, 0) is 17.7 Å². The molecule has 0 radical (unpaired) electrons. The maximum absolute atomic E-state index is 5.48. The summed E-state index contributed by atoms with van der Waals surface area (Å²) in [4.78, 5) is 5.96. The fraction of sp³-hybridized carbons (Fsp3) is 0.273. The summed E-state index contributed by atoms with van der Waals surface area (Å²) in [6.07, 6.45) is 0. The number of nitrogens with zero attached hydrogens (tertiary/aromatic N) is 3. The monoisotopic (exact) mass is 233 g/mol. The summed E-state index contributed by atoms with van der Waals surface area (Å²) in [7, 11) is 3.56. The van der Waals surface area contributed by atoms with Crippen molar-refractivity contribution in [3.05, 3.63) is 29.8 Å². The van der Waals surface area contributed by atoms with Gasteiger partial charge in [0.05, 0.1) is 7.11 Å². The SMILES string of the molecule is COc1ccc(CN(C)c2n[nH]c(N)n2)cc1. The Morgan fingerprint density at radius 3 is 2.59 bits per heavy atom. The average Bonchev–Trinajstić information content (AvgIpc) is 2.77. The van der Waals surface area contributed by atoms with Gasteiger partial charge in [0.25, 0.3) is 0 Å². The van der Waals surface area contributed by atoms with Crippen LogP contribution < -0.4 is 15.4 Å². The summed E-state index contributed by atoms with van der Waals surface area (Å²) in [5.41, 5.74) is 6.62. The maximum Gasteiger partial charge on any atom is 0.246 e. The number of nitrogen functional groups attached to an aromatic ring is 1. The van der Waals surface area contributed by atoms with Gasteiger partial charge in [-0.3, -0.25) is 0 Å². The van der Waals surface area contributed by atoms with Gasteiger partial charge in [-0.25, -0.2) is 5.10 Å². The first-order valence-corrected chi connectivity index (χ1v) is 5.21. The molecule has 1 aromatic carbocycles. The van der Waals surface area contributed by atoms with Crippen LogP contribution in [0.15, 0.2) is 24.3 Å². The third-order valence-electron chi connectivity index (χ3n) is 2.41. The minimum Gasteiger partial charge on any atom is -0.497 e. The molecule has 3 N–H and O–H groups in total. The number of hydrogen-bond donors (Lipinski definition) is 2. The molecule has 0 bridgehead atoms. The van der Waals surface area contributed by atoms with Gasteiger partial charge in [0, 0.05) is 13.6 Å². The number of aromatic nitrogens is 3. The molecule has 0 fully saturated rings. The van der Waals surface area contributed by atoms with Crippen LogP contribution >= 0.6 is 0 Å². The number of hydrogen-bond acceptors (Lipinski definition) is 5. The largest absolute Gasteiger partial charge is 0.497 e. The molecular weight excluding hydrogens is 218 g/mol. The van der Waals surface area contributed by atoms with E-state index in [9.17, 15) is 0 Å². The molecule has 1 aromatic heterocycles. The van der Waals surface area contributed by atoms with E-state index < -0.39 is 0 Å². The average molecular weight is 233 g/mol. The molecule has 2 rings (SSSR count). The molecule has 0 saturated carbocycles. The summed E-state index contributed by atoms with van der Waals surface area (Å²) >= 11 is 0. The van der Waals surface area contributed by atoms with E-state index in [0.29, 0.717) is 18.4 Å². The van der Waals surface area contributed by atoms with Crippen LogP contribution in [0.3, 0.4) is 0 Å². The highest BCUT2D eigenvalue weighted by Gasteiger charge is 2.07. The fourth-order valence-corrected chi connectivity index (χ4v) is 1.51. The van der Waals surface area contributed by atoms with Gasteiger partial charge in [0.1, 0.15) is 5.75 Å². The Balaban J connectivity index is 2.04. The van der Waals surface area contributed by atoms with Gasteiger partial charge in [-0.2, -0.15) is 4.98 Å². The Hall–Kier alpha value is -2.24. The number of rotatable bonds is 4. The molecule has 0 atom stereocenters. The van der Waals surface area contributed by atoms with Crippen molar-refractivity contribution in [1.82, 2.24) is 15.2 Å². The van der Waals surface area contributed by atoms with E-state index in [-0.39, 0.29) is 0 Å². The van der Waals surface area contributed by atoms with E-state index in [1.54, 1.807) is 7.11 Å². The van der Waals surface area contributed by atoms with Crippen LogP contribution in [-0.2, 0) is 6.54 Å². The third-order valence-corrected chi connectivity index (χ3v) is 2.41. The van der Waals surface area contributed by atoms with Crippen molar-refractivity contribution >= 4 is 11.9 Å². The van der Waals surface area contributed by atoms with Crippen molar-refractivity contribution in [2.45, 2.75) is 6.54 Å². The summed E-state index contributed by atoms with van der Waals surface area (Å²) in [5.74, 6) is 1.75. The van der Waals surface area contributed by atoms with Crippen LogP contribution in [0.5, 0.6) is 5.75 Å². The second-order valence-corrected chi connectivity index (χ2v) is 3.72. The lowest BCUT2D eigenvalue weighted by Crippen LogP contribution is -2.17. The Bertz CT molecular complexity index is 479. The van der Waals surface area contributed by atoms with Crippen LogP contribution in [-0.4, -0.2) is 29.3 Å². The summed E-state index contributed by atoms with van der Waals surface area (Å²) in [6, 6.07) is 7.86. The predicted molar refractivity (Wildman–Crippen MR) is 65.9 cm³/mol. The molecule has 6 nitrogen and oxygen atoms in total. The van der Waals surface area contributed by atoms with Crippen molar-refractivity contribution in [1.29, 1.82) is 0 Å². The lowest BCUT2D eigenvalue weighted by Gasteiger charge is -2.14. The van der Waals surface area contributed by atoms with Gasteiger partial charge in [0.15, 0.2) is 0 Å². The second kappa shape index (κ2) is 4.73. The molecule has 0 unspecified atom stereocenters. The van der Waals surface area contributed by atoms with Crippen molar-refractivity contribution in [3.63, 3.8) is 0 Å². The fourth-order valence-electron chi connectivity index (χ4n) is 1.51. The highest BCUT2D eigenvalue weighted by atomic mass is 16.5. The smallest absolute Gasteiger partial charge is 0.246 e. The topological polar surface area (TPSA) is 80.1 Å². The Morgan fingerprint density at radius 1 is 1.35 bits per heavy atom. The quantitative estimate of drug-likeness (QED) is 0.824. The Morgan fingerprint density at radius 2 is 2.06 bits per heavy atom. The van der Waals surface area contributed by atoms with Crippen molar-refractivity contribution in [2.75, 3.05) is 24.8 Å². The minimum absolute atomic E-state index is 0.321. The van der Waals surface area contributed by atoms with E-state index in [1.807, 2.05) is 36.2 Å².